The van der Waals surface area contributed by atoms with E-state index in [1.807, 2.05) is 6.92 Å². The van der Waals surface area contributed by atoms with Crippen LogP contribution in [-0.2, 0) is 0 Å². The summed E-state index contributed by atoms with van der Waals surface area (Å²) in [6.07, 6.45) is -3.28. The first-order valence-corrected chi connectivity index (χ1v) is 5.99. The molecule has 1 aromatic rings. The quantitative estimate of drug-likeness (QED) is 0.851. The van der Waals surface area contributed by atoms with Gasteiger partial charge in [-0.15, -0.1) is 0 Å². The van der Waals surface area contributed by atoms with Crippen LogP contribution in [-0.4, -0.2) is 30.8 Å². The largest absolute Gasteiger partial charge is 0.405 e. The molecule has 0 aromatic carbocycles. The molecule has 0 amide bonds. The van der Waals surface area contributed by atoms with E-state index in [1.54, 1.807) is 25.1 Å². The fourth-order valence-electron chi connectivity index (χ4n) is 1.52. The number of nitrogens with one attached hydrogen (secondary N) is 1. The average molecular weight is 261 g/mol. The van der Waals surface area contributed by atoms with Crippen LogP contribution < -0.4 is 10.2 Å². The lowest BCUT2D eigenvalue weighted by Crippen LogP contribution is -2.34. The Bertz CT molecular complexity index is 366. The predicted molar refractivity (Wildman–Crippen MR) is 67.0 cm³/mol. The van der Waals surface area contributed by atoms with E-state index in [9.17, 15) is 13.2 Å². The Kier molecular flexibility index (Phi) is 5.25. The summed E-state index contributed by atoms with van der Waals surface area (Å²) in [6.45, 7) is 3.73. The van der Waals surface area contributed by atoms with Gasteiger partial charge in [0.1, 0.15) is 18.2 Å². The molecule has 3 nitrogen and oxygen atoms in total. The summed E-state index contributed by atoms with van der Waals surface area (Å²) < 4.78 is 37.2. The minimum Gasteiger partial charge on any atom is -0.370 e. The van der Waals surface area contributed by atoms with Crippen LogP contribution in [0.3, 0.4) is 0 Å². The molecule has 0 aliphatic carbocycles. The fourth-order valence-corrected chi connectivity index (χ4v) is 1.52. The van der Waals surface area contributed by atoms with Crippen LogP contribution in [0.5, 0.6) is 0 Å². The molecule has 1 heterocycles. The Morgan fingerprint density at radius 3 is 2.56 bits per heavy atom. The molecule has 0 bridgehead atoms. The monoisotopic (exact) mass is 261 g/mol. The Morgan fingerprint density at radius 2 is 2.00 bits per heavy atom. The van der Waals surface area contributed by atoms with Gasteiger partial charge in [0.15, 0.2) is 0 Å². The van der Waals surface area contributed by atoms with Gasteiger partial charge in [-0.05, 0) is 25.5 Å². The van der Waals surface area contributed by atoms with Gasteiger partial charge in [-0.2, -0.15) is 13.2 Å². The molecule has 0 spiro atoms. The Balaban J connectivity index is 2.79. The summed E-state index contributed by atoms with van der Waals surface area (Å²) >= 11 is 0. The maximum absolute atomic E-state index is 12.4. The van der Waals surface area contributed by atoms with E-state index >= 15 is 0 Å². The molecule has 0 aliphatic heterocycles. The van der Waals surface area contributed by atoms with E-state index in [0.29, 0.717) is 11.6 Å². The highest BCUT2D eigenvalue weighted by atomic mass is 19.4. The standard InChI is InChI=1S/C12H18F3N3/c1-3-8-16-10-6-5-7-11(17-10)18(4-2)9-12(13,14)15/h5-7H,3-4,8-9H2,1-2H3,(H,16,17). The second kappa shape index (κ2) is 6.47. The van der Waals surface area contributed by atoms with Gasteiger partial charge in [-0.3, -0.25) is 0 Å². The zero-order valence-corrected chi connectivity index (χ0v) is 10.6. The topological polar surface area (TPSA) is 28.2 Å². The van der Waals surface area contributed by atoms with Crippen LogP contribution in [0.15, 0.2) is 18.2 Å². The van der Waals surface area contributed by atoms with Crippen molar-refractivity contribution in [1.82, 2.24) is 4.98 Å². The van der Waals surface area contributed by atoms with Gasteiger partial charge in [0, 0.05) is 13.1 Å². The Morgan fingerprint density at radius 1 is 1.28 bits per heavy atom. The molecule has 0 unspecified atom stereocenters. The van der Waals surface area contributed by atoms with Gasteiger partial charge >= 0.3 is 6.18 Å². The second-order valence-electron chi connectivity index (χ2n) is 3.94. The first kappa shape index (κ1) is 14.6. The number of aromatic nitrogens is 1. The van der Waals surface area contributed by atoms with Crippen molar-refractivity contribution in [2.75, 3.05) is 29.9 Å². The molecule has 6 heteroatoms. The van der Waals surface area contributed by atoms with Crippen molar-refractivity contribution in [3.05, 3.63) is 18.2 Å². The average Bonchev–Trinajstić information content (AvgIpc) is 2.32. The van der Waals surface area contributed by atoms with Gasteiger partial charge < -0.3 is 10.2 Å². The minimum absolute atomic E-state index is 0.268. The molecular formula is C12H18F3N3. The summed E-state index contributed by atoms with van der Waals surface area (Å²) in [6, 6.07) is 5.05. The Labute approximate surface area is 105 Å². The molecule has 0 atom stereocenters. The van der Waals surface area contributed by atoms with E-state index in [0.717, 1.165) is 13.0 Å². The van der Waals surface area contributed by atoms with Gasteiger partial charge in [0.2, 0.25) is 0 Å². The number of halogens is 3. The van der Waals surface area contributed by atoms with Gasteiger partial charge in [0.25, 0.3) is 0 Å². The number of pyridine rings is 1. The van der Waals surface area contributed by atoms with Crippen molar-refractivity contribution in [2.45, 2.75) is 26.4 Å². The first-order valence-electron chi connectivity index (χ1n) is 5.99. The summed E-state index contributed by atoms with van der Waals surface area (Å²) in [5.74, 6) is 0.950. The number of nitrogens with zero attached hydrogens (tertiary/aromatic N) is 2. The van der Waals surface area contributed by atoms with E-state index in [4.69, 9.17) is 0 Å². The molecule has 1 N–H and O–H groups in total. The van der Waals surface area contributed by atoms with E-state index in [-0.39, 0.29) is 6.54 Å². The van der Waals surface area contributed by atoms with Crippen molar-refractivity contribution < 1.29 is 13.2 Å². The molecule has 1 aromatic heterocycles. The van der Waals surface area contributed by atoms with Crippen molar-refractivity contribution in [2.24, 2.45) is 0 Å². The van der Waals surface area contributed by atoms with Crippen molar-refractivity contribution in [1.29, 1.82) is 0 Å². The highest BCUT2D eigenvalue weighted by Gasteiger charge is 2.30. The second-order valence-corrected chi connectivity index (χ2v) is 3.94. The van der Waals surface area contributed by atoms with E-state index in [2.05, 4.69) is 10.3 Å². The van der Waals surface area contributed by atoms with Gasteiger partial charge in [0.05, 0.1) is 0 Å². The minimum atomic E-state index is -4.22. The van der Waals surface area contributed by atoms with Crippen LogP contribution in [0.4, 0.5) is 24.8 Å². The molecule has 0 saturated heterocycles. The van der Waals surface area contributed by atoms with Crippen LogP contribution in [0.2, 0.25) is 0 Å². The zero-order chi connectivity index (χ0) is 13.6. The van der Waals surface area contributed by atoms with E-state index in [1.165, 1.54) is 4.90 Å². The molecule has 18 heavy (non-hydrogen) atoms. The number of alkyl halides is 3. The van der Waals surface area contributed by atoms with E-state index < -0.39 is 12.7 Å². The summed E-state index contributed by atoms with van der Waals surface area (Å²) in [7, 11) is 0. The molecule has 1 rings (SSSR count). The van der Waals surface area contributed by atoms with Gasteiger partial charge in [-0.1, -0.05) is 13.0 Å². The predicted octanol–water partition coefficient (Wildman–Crippen LogP) is 3.29. The molecule has 0 aliphatic rings. The van der Waals surface area contributed by atoms with Crippen LogP contribution in [0.1, 0.15) is 20.3 Å². The van der Waals surface area contributed by atoms with Crippen molar-refractivity contribution in [3.63, 3.8) is 0 Å². The number of rotatable bonds is 6. The molecule has 0 saturated carbocycles. The third-order valence-corrected chi connectivity index (χ3v) is 2.37. The maximum atomic E-state index is 12.4. The zero-order valence-electron chi connectivity index (χ0n) is 10.6. The van der Waals surface area contributed by atoms with Crippen molar-refractivity contribution in [3.8, 4) is 0 Å². The van der Waals surface area contributed by atoms with Crippen LogP contribution >= 0.6 is 0 Å². The lowest BCUT2D eigenvalue weighted by Gasteiger charge is -2.23. The SMILES string of the molecule is CCCNc1cccc(N(CC)CC(F)(F)F)n1. The normalized spacial score (nSPS) is 11.4. The maximum Gasteiger partial charge on any atom is 0.405 e. The summed E-state index contributed by atoms with van der Waals surface area (Å²) in [5, 5.41) is 3.06. The third-order valence-electron chi connectivity index (χ3n) is 2.37. The molecule has 0 radical (unpaired) electrons. The highest BCUT2D eigenvalue weighted by Crippen LogP contribution is 2.21. The fraction of sp³-hybridized carbons (Fsp3) is 0.583. The van der Waals surface area contributed by atoms with Crippen molar-refractivity contribution >= 4 is 11.6 Å². The summed E-state index contributed by atoms with van der Waals surface area (Å²) in [4.78, 5) is 5.39. The smallest absolute Gasteiger partial charge is 0.370 e. The third kappa shape index (κ3) is 4.81. The number of hydrogen-bond acceptors (Lipinski definition) is 3. The number of hydrogen-bond donors (Lipinski definition) is 1. The molecule has 102 valence electrons. The lowest BCUT2D eigenvalue weighted by atomic mass is 10.3. The van der Waals surface area contributed by atoms with Crippen LogP contribution in [0, 0.1) is 0 Å². The highest BCUT2D eigenvalue weighted by molar-refractivity contribution is 5.47. The van der Waals surface area contributed by atoms with Crippen LogP contribution in [0.25, 0.3) is 0 Å². The lowest BCUT2D eigenvalue weighted by molar-refractivity contribution is -0.119. The van der Waals surface area contributed by atoms with Gasteiger partial charge in [-0.25, -0.2) is 4.98 Å². The Hall–Kier alpha value is -1.46. The first-order chi connectivity index (χ1) is 8.46. The summed E-state index contributed by atoms with van der Waals surface area (Å²) in [5.41, 5.74) is 0. The molecule has 0 fully saturated rings. The number of anilines is 2. The molecular weight excluding hydrogens is 243 g/mol.